The van der Waals surface area contributed by atoms with Crippen LogP contribution in [-0.4, -0.2) is 18.2 Å². The van der Waals surface area contributed by atoms with Gasteiger partial charge in [0.25, 0.3) is 5.91 Å². The first-order chi connectivity index (χ1) is 8.93. The summed E-state index contributed by atoms with van der Waals surface area (Å²) < 4.78 is 5.25. The minimum Gasteiger partial charge on any atom is -0.481 e. The lowest BCUT2D eigenvalue weighted by Gasteiger charge is -2.09. The number of nitrogens with one attached hydrogen (secondary N) is 1. The largest absolute Gasteiger partial charge is 0.481 e. The van der Waals surface area contributed by atoms with E-state index in [1.165, 1.54) is 12.1 Å². The van der Waals surface area contributed by atoms with Crippen LogP contribution in [0.2, 0.25) is 15.1 Å². The van der Waals surface area contributed by atoms with Crippen molar-refractivity contribution in [2.24, 2.45) is 5.10 Å². The summed E-state index contributed by atoms with van der Waals surface area (Å²) in [6.07, 6.45) is 0.760. The molecular formula is C12H13Cl3N2O2. The Morgan fingerprint density at radius 3 is 2.42 bits per heavy atom. The first-order valence-electron chi connectivity index (χ1n) is 5.53. The minimum atomic E-state index is -0.394. The van der Waals surface area contributed by atoms with Gasteiger partial charge < -0.3 is 4.74 Å². The third-order valence-corrected chi connectivity index (χ3v) is 2.97. The van der Waals surface area contributed by atoms with Gasteiger partial charge in [-0.25, -0.2) is 5.43 Å². The van der Waals surface area contributed by atoms with Gasteiger partial charge >= 0.3 is 0 Å². The van der Waals surface area contributed by atoms with Gasteiger partial charge in [-0.15, -0.1) is 0 Å². The second-order valence-electron chi connectivity index (χ2n) is 3.72. The number of hydrogen-bond donors (Lipinski definition) is 1. The Kier molecular flexibility index (Phi) is 6.42. The van der Waals surface area contributed by atoms with E-state index < -0.39 is 5.91 Å². The number of carbonyl (C=O) groups excluding carboxylic acids is 1. The van der Waals surface area contributed by atoms with Gasteiger partial charge in [0.1, 0.15) is 0 Å². The molecule has 1 rings (SSSR count). The highest BCUT2D eigenvalue weighted by molar-refractivity contribution is 6.40. The average Bonchev–Trinajstić information content (AvgIpc) is 2.34. The van der Waals surface area contributed by atoms with Crippen molar-refractivity contribution in [3.05, 3.63) is 27.2 Å². The molecule has 0 aliphatic carbocycles. The molecule has 0 saturated carbocycles. The molecular weight excluding hydrogens is 311 g/mol. The molecule has 1 aromatic carbocycles. The van der Waals surface area contributed by atoms with E-state index in [1.54, 1.807) is 0 Å². The first-order valence-corrected chi connectivity index (χ1v) is 6.66. The maximum Gasteiger partial charge on any atom is 0.277 e. The summed E-state index contributed by atoms with van der Waals surface area (Å²) in [7, 11) is 0. The fourth-order valence-electron chi connectivity index (χ4n) is 1.07. The molecule has 0 spiro atoms. The van der Waals surface area contributed by atoms with Crippen LogP contribution >= 0.6 is 34.8 Å². The third-order valence-electron chi connectivity index (χ3n) is 2.19. The lowest BCUT2D eigenvalue weighted by molar-refractivity contribution is -0.123. The van der Waals surface area contributed by atoms with E-state index in [2.05, 4.69) is 10.5 Å². The normalized spacial score (nSPS) is 11.3. The van der Waals surface area contributed by atoms with Crippen LogP contribution in [0.25, 0.3) is 0 Å². The van der Waals surface area contributed by atoms with Crippen molar-refractivity contribution in [1.82, 2.24) is 5.43 Å². The van der Waals surface area contributed by atoms with Crippen LogP contribution in [0.1, 0.15) is 20.3 Å². The Hall–Kier alpha value is -0.970. The summed E-state index contributed by atoms with van der Waals surface area (Å²) in [4.78, 5) is 11.5. The van der Waals surface area contributed by atoms with E-state index in [-0.39, 0.29) is 22.4 Å². The van der Waals surface area contributed by atoms with Crippen LogP contribution in [0, 0.1) is 0 Å². The summed E-state index contributed by atoms with van der Waals surface area (Å²) in [6, 6.07) is 2.98. The number of carbonyl (C=O) groups is 1. The molecule has 0 bridgehead atoms. The maximum absolute atomic E-state index is 11.5. The molecule has 0 aromatic heterocycles. The number of hydrazone groups is 1. The molecule has 1 aromatic rings. The fourth-order valence-corrected chi connectivity index (χ4v) is 2.00. The molecule has 4 nitrogen and oxygen atoms in total. The number of nitrogens with zero attached hydrogens (tertiary/aromatic N) is 1. The molecule has 19 heavy (non-hydrogen) atoms. The number of ether oxygens (including phenoxy) is 1. The van der Waals surface area contributed by atoms with E-state index in [1.807, 2.05) is 13.8 Å². The Morgan fingerprint density at radius 1 is 1.32 bits per heavy atom. The smallest absolute Gasteiger partial charge is 0.277 e. The Bertz CT molecular complexity index is 481. The molecule has 1 amide bonds. The van der Waals surface area contributed by atoms with Crippen molar-refractivity contribution < 1.29 is 9.53 Å². The first kappa shape index (κ1) is 16.1. The third kappa shape index (κ3) is 5.27. The second kappa shape index (κ2) is 7.58. The zero-order chi connectivity index (χ0) is 14.4. The fraction of sp³-hybridized carbons (Fsp3) is 0.333. The molecule has 0 atom stereocenters. The second-order valence-corrected chi connectivity index (χ2v) is 4.97. The number of rotatable bonds is 5. The lowest BCUT2D eigenvalue weighted by Crippen LogP contribution is -2.25. The van der Waals surface area contributed by atoms with Crippen LogP contribution in [0.15, 0.2) is 17.2 Å². The van der Waals surface area contributed by atoms with Crippen molar-refractivity contribution in [2.45, 2.75) is 20.3 Å². The zero-order valence-electron chi connectivity index (χ0n) is 10.5. The van der Waals surface area contributed by atoms with E-state index in [4.69, 9.17) is 39.5 Å². The van der Waals surface area contributed by atoms with Gasteiger partial charge in [-0.3, -0.25) is 4.79 Å². The van der Waals surface area contributed by atoms with Crippen LogP contribution in [0.5, 0.6) is 5.75 Å². The van der Waals surface area contributed by atoms with Gasteiger partial charge in [0.15, 0.2) is 12.4 Å². The topological polar surface area (TPSA) is 50.7 Å². The van der Waals surface area contributed by atoms with Gasteiger partial charge in [-0.1, -0.05) is 41.7 Å². The molecule has 104 valence electrons. The van der Waals surface area contributed by atoms with Gasteiger partial charge in [-0.05, 0) is 25.5 Å². The summed E-state index contributed by atoms with van der Waals surface area (Å²) in [6.45, 7) is 3.52. The predicted molar refractivity (Wildman–Crippen MR) is 78.5 cm³/mol. The van der Waals surface area contributed by atoms with Crippen molar-refractivity contribution in [1.29, 1.82) is 0 Å². The average molecular weight is 324 g/mol. The zero-order valence-corrected chi connectivity index (χ0v) is 12.7. The van der Waals surface area contributed by atoms with Gasteiger partial charge in [0.05, 0.1) is 10.0 Å². The van der Waals surface area contributed by atoms with E-state index in [0.717, 1.165) is 12.1 Å². The Labute approximate surface area is 126 Å². The SMILES string of the molecule is CC/C(C)=N\NC(=O)COc1c(Cl)cc(Cl)cc1Cl. The molecule has 0 fully saturated rings. The summed E-state index contributed by atoms with van der Waals surface area (Å²) in [5, 5.41) is 4.76. The molecule has 7 heteroatoms. The summed E-state index contributed by atoms with van der Waals surface area (Å²) in [5.74, 6) is -0.172. The van der Waals surface area contributed by atoms with Gasteiger partial charge in [0, 0.05) is 10.7 Å². The Morgan fingerprint density at radius 2 is 1.89 bits per heavy atom. The number of hydrogen-bond acceptors (Lipinski definition) is 3. The van der Waals surface area contributed by atoms with E-state index in [9.17, 15) is 4.79 Å². The van der Waals surface area contributed by atoms with Crippen molar-refractivity contribution in [2.75, 3.05) is 6.61 Å². The highest BCUT2D eigenvalue weighted by atomic mass is 35.5. The lowest BCUT2D eigenvalue weighted by atomic mass is 10.3. The van der Waals surface area contributed by atoms with Gasteiger partial charge in [-0.2, -0.15) is 5.10 Å². The van der Waals surface area contributed by atoms with E-state index in [0.29, 0.717) is 5.02 Å². The molecule has 0 saturated heterocycles. The van der Waals surface area contributed by atoms with Crippen molar-refractivity contribution in [3.63, 3.8) is 0 Å². The molecule has 0 aliphatic rings. The molecule has 0 unspecified atom stereocenters. The highest BCUT2D eigenvalue weighted by Crippen LogP contribution is 2.35. The molecule has 0 aliphatic heterocycles. The van der Waals surface area contributed by atoms with Crippen molar-refractivity contribution >= 4 is 46.4 Å². The van der Waals surface area contributed by atoms with Crippen LogP contribution in [-0.2, 0) is 4.79 Å². The Balaban J connectivity index is 2.60. The maximum atomic E-state index is 11.5. The number of benzene rings is 1. The summed E-state index contributed by atoms with van der Waals surface area (Å²) >= 11 is 17.6. The number of halogens is 3. The molecule has 0 heterocycles. The van der Waals surface area contributed by atoms with Gasteiger partial charge in [0.2, 0.25) is 0 Å². The highest BCUT2D eigenvalue weighted by Gasteiger charge is 2.11. The molecule has 1 N–H and O–H groups in total. The van der Waals surface area contributed by atoms with Crippen molar-refractivity contribution in [3.8, 4) is 5.75 Å². The molecule has 0 radical (unpaired) electrons. The van der Waals surface area contributed by atoms with Crippen LogP contribution < -0.4 is 10.2 Å². The van der Waals surface area contributed by atoms with E-state index >= 15 is 0 Å². The predicted octanol–water partition coefficient (Wildman–Crippen LogP) is 3.93. The monoisotopic (exact) mass is 322 g/mol. The van der Waals surface area contributed by atoms with Crippen LogP contribution in [0.3, 0.4) is 0 Å². The quantitative estimate of drug-likeness (QED) is 0.659. The summed E-state index contributed by atoms with van der Waals surface area (Å²) in [5.41, 5.74) is 3.18. The minimum absolute atomic E-state index is 0.221. The van der Waals surface area contributed by atoms with Crippen LogP contribution in [0.4, 0.5) is 0 Å². The standard InChI is InChI=1S/C12H13Cl3N2O2/c1-3-7(2)16-17-11(18)6-19-12-9(14)4-8(13)5-10(12)15/h4-5H,3,6H2,1-2H3,(H,17,18)/b16-7-. The number of amides is 1.